The third-order valence-corrected chi connectivity index (χ3v) is 3.59. The van der Waals surface area contributed by atoms with Crippen molar-refractivity contribution in [2.75, 3.05) is 18.9 Å². The molecule has 1 N–H and O–H groups in total. The maximum Gasteiger partial charge on any atom is 0.325 e. The van der Waals surface area contributed by atoms with Crippen LogP contribution in [0, 0.1) is 13.8 Å². The molecule has 5 heteroatoms. The summed E-state index contributed by atoms with van der Waals surface area (Å²) in [6.45, 7) is 6.02. The summed E-state index contributed by atoms with van der Waals surface area (Å²) in [4.78, 5) is 23.7. The van der Waals surface area contributed by atoms with Gasteiger partial charge in [0.05, 0.1) is 12.4 Å². The Kier molecular flexibility index (Phi) is 6.42. The Bertz CT molecular complexity index is 460. The Hall–Kier alpha value is -1.49. The molecule has 0 bridgehead atoms. The third-order valence-electron chi connectivity index (χ3n) is 2.44. The van der Waals surface area contributed by atoms with E-state index in [9.17, 15) is 9.59 Å². The van der Waals surface area contributed by atoms with Crippen LogP contribution < -0.4 is 5.32 Å². The molecule has 0 radical (unpaired) electrons. The summed E-state index contributed by atoms with van der Waals surface area (Å²) in [6.07, 6.45) is 0. The Balaban J connectivity index is 2.38. The summed E-state index contributed by atoms with van der Waals surface area (Å²) in [7, 11) is 0. The molecule has 0 aromatic heterocycles. The smallest absolute Gasteiger partial charge is 0.325 e. The third kappa shape index (κ3) is 5.79. The van der Waals surface area contributed by atoms with Gasteiger partial charge in [-0.1, -0.05) is 17.7 Å². The fourth-order valence-electron chi connectivity index (χ4n) is 1.44. The normalized spacial score (nSPS) is 10.1. The molecule has 0 unspecified atom stereocenters. The van der Waals surface area contributed by atoms with E-state index in [2.05, 4.69) is 11.4 Å². The number of hydrogen-bond acceptors (Lipinski definition) is 4. The number of carbonyl (C=O) groups excluding carboxylic acids is 2. The molecule has 0 saturated carbocycles. The van der Waals surface area contributed by atoms with Crippen LogP contribution in [0.15, 0.2) is 23.1 Å². The molecular formula is C14H19NO3S. The lowest BCUT2D eigenvalue weighted by atomic mass is 10.2. The van der Waals surface area contributed by atoms with Crippen molar-refractivity contribution in [1.29, 1.82) is 0 Å². The summed E-state index contributed by atoms with van der Waals surface area (Å²) >= 11 is 1.47. The number of amides is 1. The number of hydrogen-bond donors (Lipinski definition) is 1. The quantitative estimate of drug-likeness (QED) is 0.640. The minimum atomic E-state index is -0.410. The van der Waals surface area contributed by atoms with Crippen molar-refractivity contribution < 1.29 is 14.3 Å². The molecule has 0 aliphatic rings. The van der Waals surface area contributed by atoms with Gasteiger partial charge >= 0.3 is 5.97 Å². The van der Waals surface area contributed by atoms with E-state index in [0.717, 1.165) is 10.5 Å². The van der Waals surface area contributed by atoms with Gasteiger partial charge in [0.2, 0.25) is 5.91 Å². The van der Waals surface area contributed by atoms with Gasteiger partial charge in [-0.05, 0) is 32.4 Å². The molecule has 1 aromatic rings. The molecule has 4 nitrogen and oxygen atoms in total. The molecule has 19 heavy (non-hydrogen) atoms. The van der Waals surface area contributed by atoms with E-state index in [0.29, 0.717) is 12.4 Å². The van der Waals surface area contributed by atoms with E-state index in [1.807, 2.05) is 26.0 Å². The molecule has 1 rings (SSSR count). The lowest BCUT2D eigenvalue weighted by Gasteiger charge is -2.07. The summed E-state index contributed by atoms with van der Waals surface area (Å²) in [5.74, 6) is -0.282. The zero-order chi connectivity index (χ0) is 14.3. The first kappa shape index (κ1) is 15.6. The maximum atomic E-state index is 11.6. The van der Waals surface area contributed by atoms with Crippen molar-refractivity contribution in [3.8, 4) is 0 Å². The molecular weight excluding hydrogens is 262 g/mol. The number of thioether (sulfide) groups is 1. The van der Waals surface area contributed by atoms with Crippen molar-refractivity contribution in [2.24, 2.45) is 0 Å². The van der Waals surface area contributed by atoms with Crippen LogP contribution in [0.5, 0.6) is 0 Å². The predicted molar refractivity (Wildman–Crippen MR) is 76.3 cm³/mol. The van der Waals surface area contributed by atoms with Gasteiger partial charge < -0.3 is 10.1 Å². The number of benzene rings is 1. The fourth-order valence-corrected chi connectivity index (χ4v) is 2.39. The van der Waals surface area contributed by atoms with Crippen LogP contribution in [-0.2, 0) is 14.3 Å². The first-order valence-electron chi connectivity index (χ1n) is 6.15. The van der Waals surface area contributed by atoms with Gasteiger partial charge in [0, 0.05) is 4.90 Å². The number of nitrogens with one attached hydrogen (secondary N) is 1. The largest absolute Gasteiger partial charge is 0.465 e. The second kappa shape index (κ2) is 7.84. The van der Waals surface area contributed by atoms with Crippen LogP contribution in [0.3, 0.4) is 0 Å². The highest BCUT2D eigenvalue weighted by atomic mass is 32.2. The van der Waals surface area contributed by atoms with Gasteiger partial charge in [0.15, 0.2) is 0 Å². The fraction of sp³-hybridized carbons (Fsp3) is 0.429. The van der Waals surface area contributed by atoms with Crippen LogP contribution in [0.25, 0.3) is 0 Å². The van der Waals surface area contributed by atoms with Gasteiger partial charge in [-0.15, -0.1) is 11.8 Å². The molecule has 0 saturated heterocycles. The summed E-state index contributed by atoms with van der Waals surface area (Å²) < 4.78 is 4.73. The highest BCUT2D eigenvalue weighted by molar-refractivity contribution is 8.00. The van der Waals surface area contributed by atoms with Gasteiger partial charge in [-0.25, -0.2) is 0 Å². The van der Waals surface area contributed by atoms with Crippen molar-refractivity contribution in [2.45, 2.75) is 25.7 Å². The Morgan fingerprint density at radius 3 is 2.74 bits per heavy atom. The van der Waals surface area contributed by atoms with Crippen LogP contribution in [0.2, 0.25) is 0 Å². The molecule has 0 atom stereocenters. The summed E-state index contributed by atoms with van der Waals surface area (Å²) in [6, 6.07) is 6.13. The Labute approximate surface area is 117 Å². The molecule has 104 valence electrons. The van der Waals surface area contributed by atoms with Crippen LogP contribution in [0.4, 0.5) is 0 Å². The van der Waals surface area contributed by atoms with E-state index >= 15 is 0 Å². The van der Waals surface area contributed by atoms with Gasteiger partial charge in [0.1, 0.15) is 6.54 Å². The lowest BCUT2D eigenvalue weighted by molar-refractivity contribution is -0.143. The monoisotopic (exact) mass is 281 g/mol. The number of rotatable bonds is 6. The first-order valence-corrected chi connectivity index (χ1v) is 7.14. The Morgan fingerprint density at radius 1 is 1.32 bits per heavy atom. The topological polar surface area (TPSA) is 55.4 Å². The zero-order valence-electron chi connectivity index (χ0n) is 11.5. The number of carbonyl (C=O) groups is 2. The number of ether oxygens (including phenoxy) is 1. The first-order chi connectivity index (χ1) is 9.02. The highest BCUT2D eigenvalue weighted by Gasteiger charge is 2.07. The molecule has 0 fully saturated rings. The minimum absolute atomic E-state index is 0.0694. The standard InChI is InChI=1S/C14H19NO3S/c1-4-18-14(17)8-15-13(16)9-19-12-7-10(2)5-6-11(12)3/h5-7H,4,8-9H2,1-3H3,(H,15,16). The summed E-state index contributed by atoms with van der Waals surface area (Å²) in [5.41, 5.74) is 2.31. The predicted octanol–water partition coefficient (Wildman–Crippen LogP) is 2.07. The lowest BCUT2D eigenvalue weighted by Crippen LogP contribution is -2.31. The van der Waals surface area contributed by atoms with Crippen molar-refractivity contribution in [3.05, 3.63) is 29.3 Å². The van der Waals surface area contributed by atoms with Gasteiger partial charge in [0.25, 0.3) is 0 Å². The Morgan fingerprint density at radius 2 is 2.05 bits per heavy atom. The molecule has 0 spiro atoms. The highest BCUT2D eigenvalue weighted by Crippen LogP contribution is 2.23. The zero-order valence-corrected chi connectivity index (χ0v) is 12.3. The molecule has 0 aliphatic carbocycles. The second-order valence-electron chi connectivity index (χ2n) is 4.14. The minimum Gasteiger partial charge on any atom is -0.465 e. The van der Waals surface area contributed by atoms with Crippen LogP contribution >= 0.6 is 11.8 Å². The molecule has 1 amide bonds. The SMILES string of the molecule is CCOC(=O)CNC(=O)CSc1cc(C)ccc1C. The maximum absolute atomic E-state index is 11.6. The van der Waals surface area contributed by atoms with Crippen molar-refractivity contribution in [1.82, 2.24) is 5.32 Å². The molecule has 0 aliphatic heterocycles. The molecule has 1 aromatic carbocycles. The van der Waals surface area contributed by atoms with E-state index < -0.39 is 5.97 Å². The van der Waals surface area contributed by atoms with Crippen molar-refractivity contribution >= 4 is 23.6 Å². The number of aryl methyl sites for hydroxylation is 2. The van der Waals surface area contributed by atoms with E-state index in [1.54, 1.807) is 6.92 Å². The summed E-state index contributed by atoms with van der Waals surface area (Å²) in [5, 5.41) is 2.54. The number of esters is 1. The second-order valence-corrected chi connectivity index (χ2v) is 5.16. The van der Waals surface area contributed by atoms with Crippen molar-refractivity contribution in [3.63, 3.8) is 0 Å². The average molecular weight is 281 g/mol. The average Bonchev–Trinajstić information content (AvgIpc) is 2.38. The van der Waals surface area contributed by atoms with Crippen LogP contribution in [0.1, 0.15) is 18.1 Å². The van der Waals surface area contributed by atoms with E-state index in [-0.39, 0.29) is 12.5 Å². The molecule has 0 heterocycles. The van der Waals surface area contributed by atoms with E-state index in [1.165, 1.54) is 17.3 Å². The van der Waals surface area contributed by atoms with E-state index in [4.69, 9.17) is 4.74 Å². The van der Waals surface area contributed by atoms with Gasteiger partial charge in [-0.3, -0.25) is 9.59 Å². The van der Waals surface area contributed by atoms with Gasteiger partial charge in [-0.2, -0.15) is 0 Å². The van der Waals surface area contributed by atoms with Crippen LogP contribution in [-0.4, -0.2) is 30.8 Å².